The molecule has 2 aromatic carbocycles. The number of halogens is 3. The first-order valence-electron chi connectivity index (χ1n) is 7.71. The lowest BCUT2D eigenvalue weighted by Gasteiger charge is -2.06. The number of benzene rings is 2. The summed E-state index contributed by atoms with van der Waals surface area (Å²) in [6.45, 7) is -0.366. The predicted molar refractivity (Wildman–Crippen MR) is 91.8 cm³/mol. The molecule has 0 heterocycles. The maximum absolute atomic E-state index is 12.6. The monoisotopic (exact) mass is 376 g/mol. The number of carbonyl (C=O) groups is 2. The van der Waals surface area contributed by atoms with Crippen molar-refractivity contribution in [1.29, 1.82) is 0 Å². The maximum atomic E-state index is 12.6. The number of primary amides is 1. The van der Waals surface area contributed by atoms with E-state index < -0.39 is 23.6 Å². The Morgan fingerprint density at radius 3 is 2.56 bits per heavy atom. The summed E-state index contributed by atoms with van der Waals surface area (Å²) >= 11 is 0. The highest BCUT2D eigenvalue weighted by atomic mass is 19.4. The largest absolute Gasteiger partial charge is 0.484 e. The third-order valence-electron chi connectivity index (χ3n) is 3.24. The minimum absolute atomic E-state index is 0.0541. The summed E-state index contributed by atoms with van der Waals surface area (Å²) in [7, 11) is 0. The first kappa shape index (κ1) is 19.8. The number of nitrogens with two attached hydrogens (primary N) is 1. The van der Waals surface area contributed by atoms with Crippen molar-refractivity contribution >= 4 is 11.8 Å². The van der Waals surface area contributed by atoms with Gasteiger partial charge in [-0.3, -0.25) is 9.59 Å². The first-order valence-corrected chi connectivity index (χ1v) is 7.71. The molecular weight excluding hydrogens is 361 g/mol. The summed E-state index contributed by atoms with van der Waals surface area (Å²) in [5, 5.41) is 2.52. The van der Waals surface area contributed by atoms with Crippen LogP contribution in [0.2, 0.25) is 0 Å². The van der Waals surface area contributed by atoms with Gasteiger partial charge in [0, 0.05) is 11.1 Å². The Morgan fingerprint density at radius 1 is 1.11 bits per heavy atom. The van der Waals surface area contributed by atoms with Crippen LogP contribution in [0.3, 0.4) is 0 Å². The smallest absolute Gasteiger partial charge is 0.416 e. The maximum Gasteiger partial charge on any atom is 0.416 e. The number of ether oxygens (including phenoxy) is 1. The van der Waals surface area contributed by atoms with Crippen LogP contribution in [0.25, 0.3) is 0 Å². The van der Waals surface area contributed by atoms with Crippen LogP contribution < -0.4 is 15.8 Å². The van der Waals surface area contributed by atoms with E-state index in [9.17, 15) is 22.8 Å². The molecule has 0 aliphatic carbocycles. The lowest BCUT2D eigenvalue weighted by Crippen LogP contribution is -2.24. The first-order chi connectivity index (χ1) is 12.8. The van der Waals surface area contributed by atoms with Gasteiger partial charge in [-0.05, 0) is 36.4 Å². The molecule has 0 aromatic heterocycles. The number of hydrogen-bond acceptors (Lipinski definition) is 3. The summed E-state index contributed by atoms with van der Waals surface area (Å²) in [6.07, 6.45) is -4.44. The van der Waals surface area contributed by atoms with Crippen molar-refractivity contribution in [3.05, 3.63) is 65.2 Å². The standard InChI is InChI=1S/C19H15F3N2O3/c20-19(21,22)15-7-1-4-13(10-15)5-3-9-24-18(26)14-6-2-8-16(11-14)27-12-17(23)25/h1-2,4,6-8,10-11H,9,12H2,(H2,23,25)(H,24,26). The number of carbonyl (C=O) groups excluding carboxylic acids is 2. The molecule has 0 aliphatic rings. The van der Waals surface area contributed by atoms with E-state index in [-0.39, 0.29) is 24.3 Å². The molecule has 8 heteroatoms. The van der Waals surface area contributed by atoms with E-state index in [2.05, 4.69) is 17.2 Å². The average molecular weight is 376 g/mol. The van der Waals surface area contributed by atoms with E-state index in [1.54, 1.807) is 12.1 Å². The molecule has 0 fully saturated rings. The molecule has 0 bridgehead atoms. The predicted octanol–water partition coefficient (Wildman–Crippen LogP) is 2.35. The fourth-order valence-electron chi connectivity index (χ4n) is 2.03. The van der Waals surface area contributed by atoms with Gasteiger partial charge in [-0.2, -0.15) is 13.2 Å². The lowest BCUT2D eigenvalue weighted by atomic mass is 10.1. The molecule has 27 heavy (non-hydrogen) atoms. The van der Waals surface area contributed by atoms with Gasteiger partial charge >= 0.3 is 6.18 Å². The minimum atomic E-state index is -4.44. The zero-order valence-electron chi connectivity index (χ0n) is 14.0. The highest BCUT2D eigenvalue weighted by Gasteiger charge is 2.30. The number of nitrogens with one attached hydrogen (secondary N) is 1. The van der Waals surface area contributed by atoms with Crippen molar-refractivity contribution < 1.29 is 27.5 Å². The third kappa shape index (κ3) is 6.40. The molecule has 2 amide bonds. The molecule has 3 N–H and O–H groups in total. The van der Waals surface area contributed by atoms with Crippen LogP contribution in [0, 0.1) is 11.8 Å². The van der Waals surface area contributed by atoms with Gasteiger partial charge in [-0.15, -0.1) is 0 Å². The normalized spacial score (nSPS) is 10.5. The molecule has 140 valence electrons. The van der Waals surface area contributed by atoms with Gasteiger partial charge in [-0.25, -0.2) is 0 Å². The Hall–Kier alpha value is -3.47. The second-order valence-corrected chi connectivity index (χ2v) is 5.35. The second-order valence-electron chi connectivity index (χ2n) is 5.35. The van der Waals surface area contributed by atoms with E-state index >= 15 is 0 Å². The minimum Gasteiger partial charge on any atom is -0.484 e. The molecule has 2 aromatic rings. The van der Waals surface area contributed by atoms with Crippen LogP contribution in [0.5, 0.6) is 5.75 Å². The number of amides is 2. The van der Waals surface area contributed by atoms with Crippen molar-refractivity contribution in [2.45, 2.75) is 6.18 Å². The van der Waals surface area contributed by atoms with Crippen molar-refractivity contribution in [2.75, 3.05) is 13.2 Å². The Morgan fingerprint density at radius 2 is 1.85 bits per heavy atom. The Kier molecular flexibility index (Phi) is 6.44. The molecule has 0 saturated carbocycles. The topological polar surface area (TPSA) is 81.4 Å². The highest BCUT2D eigenvalue weighted by Crippen LogP contribution is 2.29. The third-order valence-corrected chi connectivity index (χ3v) is 3.24. The molecule has 0 saturated heterocycles. The molecule has 0 radical (unpaired) electrons. The summed E-state index contributed by atoms with van der Waals surface area (Å²) < 4.78 is 43.0. The molecule has 0 atom stereocenters. The van der Waals surface area contributed by atoms with Crippen LogP contribution in [-0.2, 0) is 11.0 Å². The number of hydrogen-bond donors (Lipinski definition) is 2. The summed E-state index contributed by atoms with van der Waals surface area (Å²) in [5.41, 5.74) is 4.66. The Labute approximate surface area is 153 Å². The van der Waals surface area contributed by atoms with E-state index in [1.807, 2.05) is 0 Å². The lowest BCUT2D eigenvalue weighted by molar-refractivity contribution is -0.137. The summed E-state index contributed by atoms with van der Waals surface area (Å²) in [4.78, 5) is 22.8. The zero-order chi connectivity index (χ0) is 19.9. The highest BCUT2D eigenvalue weighted by molar-refractivity contribution is 5.94. The van der Waals surface area contributed by atoms with Crippen molar-refractivity contribution in [3.8, 4) is 17.6 Å². The molecule has 5 nitrogen and oxygen atoms in total. The van der Waals surface area contributed by atoms with Gasteiger partial charge in [-0.1, -0.05) is 24.0 Å². The van der Waals surface area contributed by atoms with Gasteiger partial charge < -0.3 is 15.8 Å². The van der Waals surface area contributed by atoms with Crippen molar-refractivity contribution in [3.63, 3.8) is 0 Å². The van der Waals surface area contributed by atoms with Crippen LogP contribution in [0.4, 0.5) is 13.2 Å². The van der Waals surface area contributed by atoms with Gasteiger partial charge in [0.15, 0.2) is 6.61 Å². The van der Waals surface area contributed by atoms with Crippen molar-refractivity contribution in [2.24, 2.45) is 5.73 Å². The quantitative estimate of drug-likeness (QED) is 0.786. The van der Waals surface area contributed by atoms with Gasteiger partial charge in [0.05, 0.1) is 12.1 Å². The van der Waals surface area contributed by atoms with Crippen LogP contribution in [0.1, 0.15) is 21.5 Å². The molecule has 2 rings (SSSR count). The van der Waals surface area contributed by atoms with Gasteiger partial charge in [0.1, 0.15) is 5.75 Å². The SMILES string of the molecule is NC(=O)COc1cccc(C(=O)NCC#Cc2cccc(C(F)(F)F)c2)c1. The molecule has 0 spiro atoms. The Balaban J connectivity index is 1.95. The van der Waals surface area contributed by atoms with E-state index in [1.165, 1.54) is 24.3 Å². The van der Waals surface area contributed by atoms with Gasteiger partial charge in [0.25, 0.3) is 11.8 Å². The molecule has 0 unspecified atom stereocenters. The van der Waals surface area contributed by atoms with Crippen LogP contribution in [0.15, 0.2) is 48.5 Å². The van der Waals surface area contributed by atoms with Crippen LogP contribution >= 0.6 is 0 Å². The number of alkyl halides is 3. The second kappa shape index (κ2) is 8.76. The Bertz CT molecular complexity index is 899. The summed E-state index contributed by atoms with van der Waals surface area (Å²) in [5.74, 6) is 4.37. The average Bonchev–Trinajstić information content (AvgIpc) is 2.63. The number of rotatable bonds is 5. The van der Waals surface area contributed by atoms with E-state index in [0.29, 0.717) is 5.75 Å². The fraction of sp³-hybridized carbons (Fsp3) is 0.158. The van der Waals surface area contributed by atoms with Crippen LogP contribution in [-0.4, -0.2) is 25.0 Å². The fourth-order valence-corrected chi connectivity index (χ4v) is 2.03. The molecule has 0 aliphatic heterocycles. The van der Waals surface area contributed by atoms with E-state index in [4.69, 9.17) is 10.5 Å². The zero-order valence-corrected chi connectivity index (χ0v) is 14.0. The van der Waals surface area contributed by atoms with Gasteiger partial charge in [0.2, 0.25) is 0 Å². The van der Waals surface area contributed by atoms with E-state index in [0.717, 1.165) is 12.1 Å². The molecular formula is C19H15F3N2O3. The summed E-state index contributed by atoms with van der Waals surface area (Å²) in [6, 6.07) is 10.7. The van der Waals surface area contributed by atoms with Crippen molar-refractivity contribution in [1.82, 2.24) is 5.32 Å².